The molecule has 4 unspecified atom stereocenters. The van der Waals surface area contributed by atoms with E-state index in [2.05, 4.69) is 51.6 Å². The molecule has 112 valence electrons. The summed E-state index contributed by atoms with van der Waals surface area (Å²) in [5, 5.41) is 0. The fourth-order valence-electron chi connectivity index (χ4n) is 4.91. The Bertz CT molecular complexity index is 326. The Morgan fingerprint density at radius 3 is 2.21 bits per heavy atom. The van der Waals surface area contributed by atoms with E-state index in [0.29, 0.717) is 17.4 Å². The molecule has 1 saturated heterocycles. The van der Waals surface area contributed by atoms with Crippen molar-refractivity contribution < 1.29 is 0 Å². The van der Waals surface area contributed by atoms with E-state index < -0.39 is 0 Å². The predicted octanol–water partition coefficient (Wildman–Crippen LogP) is 2.02. The minimum absolute atomic E-state index is 0.239. The lowest BCUT2D eigenvalue weighted by atomic mass is 9.85. The Kier molecular flexibility index (Phi) is 4.03. The summed E-state index contributed by atoms with van der Waals surface area (Å²) in [6.45, 7) is 12.8. The van der Waals surface area contributed by atoms with Crippen LogP contribution in [0.5, 0.6) is 0 Å². The summed E-state index contributed by atoms with van der Waals surface area (Å²) < 4.78 is 0. The van der Waals surface area contributed by atoms with Crippen LogP contribution in [0.2, 0.25) is 0 Å². The van der Waals surface area contributed by atoms with Crippen molar-refractivity contribution in [1.29, 1.82) is 0 Å². The first-order chi connectivity index (χ1) is 8.72. The molecule has 1 saturated carbocycles. The molecule has 2 aliphatic rings. The maximum atomic E-state index is 6.27. The van der Waals surface area contributed by atoms with Gasteiger partial charge in [-0.1, -0.05) is 27.7 Å². The Morgan fingerprint density at radius 2 is 1.84 bits per heavy atom. The zero-order chi connectivity index (χ0) is 14.4. The van der Waals surface area contributed by atoms with Crippen LogP contribution in [-0.4, -0.2) is 55.1 Å². The highest BCUT2D eigenvalue weighted by molar-refractivity contribution is 5.09. The van der Waals surface area contributed by atoms with Crippen molar-refractivity contribution in [3.05, 3.63) is 0 Å². The maximum absolute atomic E-state index is 6.27. The highest BCUT2D eigenvalue weighted by Crippen LogP contribution is 2.51. The molecule has 3 nitrogen and oxygen atoms in total. The number of hydrogen-bond acceptors (Lipinski definition) is 3. The zero-order valence-electron chi connectivity index (χ0n) is 13.7. The van der Waals surface area contributed by atoms with Crippen molar-refractivity contribution in [3.8, 4) is 0 Å². The third-order valence-corrected chi connectivity index (χ3v) is 5.78. The normalized spacial score (nSPS) is 43.3. The molecule has 0 aromatic rings. The first-order valence-electron chi connectivity index (χ1n) is 7.83. The third-order valence-electron chi connectivity index (χ3n) is 5.78. The van der Waals surface area contributed by atoms with Crippen LogP contribution in [0.15, 0.2) is 0 Å². The molecule has 4 atom stereocenters. The summed E-state index contributed by atoms with van der Waals surface area (Å²) >= 11 is 0. The predicted molar refractivity (Wildman–Crippen MR) is 82.2 cm³/mol. The molecular weight excluding hydrogens is 234 g/mol. The molecular formula is C16H33N3. The number of likely N-dealkylation sites (N-methyl/N-ethyl adjacent to an activating group) is 1. The van der Waals surface area contributed by atoms with Gasteiger partial charge in [-0.25, -0.2) is 0 Å². The van der Waals surface area contributed by atoms with E-state index in [1.54, 1.807) is 0 Å². The van der Waals surface area contributed by atoms with Gasteiger partial charge in [-0.2, -0.15) is 0 Å². The number of rotatable bonds is 3. The second-order valence-corrected chi connectivity index (χ2v) is 8.17. The number of likely N-dealkylation sites (tertiary alicyclic amines) is 1. The molecule has 0 bridgehead atoms. The van der Waals surface area contributed by atoms with E-state index in [-0.39, 0.29) is 5.54 Å². The Hall–Kier alpha value is -0.120. The van der Waals surface area contributed by atoms with Crippen LogP contribution >= 0.6 is 0 Å². The fraction of sp³-hybridized carbons (Fsp3) is 1.00. The molecule has 0 radical (unpaired) electrons. The van der Waals surface area contributed by atoms with Crippen molar-refractivity contribution in [3.63, 3.8) is 0 Å². The highest BCUT2D eigenvalue weighted by Gasteiger charge is 2.53. The van der Waals surface area contributed by atoms with E-state index in [1.807, 2.05) is 0 Å². The Labute approximate surface area is 119 Å². The summed E-state index contributed by atoms with van der Waals surface area (Å²) in [6.07, 6.45) is 2.56. The molecule has 0 aromatic carbocycles. The molecule has 0 spiro atoms. The van der Waals surface area contributed by atoms with Gasteiger partial charge in [-0.15, -0.1) is 0 Å². The van der Waals surface area contributed by atoms with Crippen LogP contribution in [0.1, 0.15) is 40.5 Å². The van der Waals surface area contributed by atoms with Crippen molar-refractivity contribution in [2.75, 3.05) is 33.7 Å². The maximum Gasteiger partial charge on any atom is 0.0363 e. The van der Waals surface area contributed by atoms with Gasteiger partial charge >= 0.3 is 0 Å². The lowest BCUT2D eigenvalue weighted by Gasteiger charge is -2.42. The summed E-state index contributed by atoms with van der Waals surface area (Å²) in [5.41, 5.74) is 6.95. The van der Waals surface area contributed by atoms with Crippen LogP contribution in [0.4, 0.5) is 0 Å². The van der Waals surface area contributed by atoms with E-state index in [4.69, 9.17) is 5.73 Å². The average molecular weight is 267 g/mol. The molecule has 1 aliphatic heterocycles. The molecule has 2 rings (SSSR count). The van der Waals surface area contributed by atoms with E-state index in [9.17, 15) is 0 Å². The topological polar surface area (TPSA) is 32.5 Å². The molecule has 0 amide bonds. The van der Waals surface area contributed by atoms with Crippen molar-refractivity contribution in [2.24, 2.45) is 23.0 Å². The number of nitrogens with zero attached hydrogens (tertiary/aromatic N) is 2. The third kappa shape index (κ3) is 2.57. The molecule has 3 heteroatoms. The summed E-state index contributed by atoms with van der Waals surface area (Å²) in [6, 6.07) is 0.680. The average Bonchev–Trinajstić information content (AvgIpc) is 2.77. The smallest absolute Gasteiger partial charge is 0.0363 e. The van der Waals surface area contributed by atoms with Gasteiger partial charge in [-0.3, -0.25) is 4.90 Å². The second-order valence-electron chi connectivity index (χ2n) is 8.17. The molecule has 19 heavy (non-hydrogen) atoms. The minimum Gasteiger partial charge on any atom is -0.329 e. The van der Waals surface area contributed by atoms with Gasteiger partial charge < -0.3 is 10.6 Å². The second kappa shape index (κ2) is 5.01. The Balaban J connectivity index is 2.20. The van der Waals surface area contributed by atoms with Crippen molar-refractivity contribution in [2.45, 2.75) is 52.1 Å². The van der Waals surface area contributed by atoms with Gasteiger partial charge in [0.15, 0.2) is 0 Å². The van der Waals surface area contributed by atoms with Gasteiger partial charge in [0.25, 0.3) is 0 Å². The van der Waals surface area contributed by atoms with Gasteiger partial charge in [0, 0.05) is 31.2 Å². The summed E-state index contributed by atoms with van der Waals surface area (Å²) in [5.74, 6) is 1.45. The monoisotopic (exact) mass is 267 g/mol. The minimum atomic E-state index is 0.239. The molecule has 1 aliphatic carbocycles. The van der Waals surface area contributed by atoms with Gasteiger partial charge in [0.1, 0.15) is 0 Å². The van der Waals surface area contributed by atoms with E-state index in [0.717, 1.165) is 12.5 Å². The van der Waals surface area contributed by atoms with E-state index in [1.165, 1.54) is 25.9 Å². The quantitative estimate of drug-likeness (QED) is 0.849. The van der Waals surface area contributed by atoms with Crippen LogP contribution in [0.3, 0.4) is 0 Å². The lowest BCUT2D eigenvalue weighted by Crippen LogP contribution is -2.55. The lowest BCUT2D eigenvalue weighted by molar-refractivity contribution is 0.0757. The molecule has 2 fully saturated rings. The molecule has 1 heterocycles. The molecule has 2 N–H and O–H groups in total. The van der Waals surface area contributed by atoms with Crippen LogP contribution in [-0.2, 0) is 0 Å². The molecule has 0 aromatic heterocycles. The SMILES string of the molecule is CC1CN(C2(CN)CC(C)(C)CC2C)CC1N(C)C. The first kappa shape index (κ1) is 15.3. The van der Waals surface area contributed by atoms with Crippen molar-refractivity contribution in [1.82, 2.24) is 9.80 Å². The van der Waals surface area contributed by atoms with Crippen LogP contribution in [0, 0.1) is 17.3 Å². The first-order valence-corrected chi connectivity index (χ1v) is 7.83. The van der Waals surface area contributed by atoms with Crippen LogP contribution in [0.25, 0.3) is 0 Å². The Morgan fingerprint density at radius 1 is 1.21 bits per heavy atom. The van der Waals surface area contributed by atoms with Gasteiger partial charge in [-0.05, 0) is 44.2 Å². The standard InChI is InChI=1S/C16H33N3/c1-12-8-19(9-14(12)18(5)6)16(11-17)10-15(3,4)7-13(16)2/h12-14H,7-11,17H2,1-6H3. The van der Waals surface area contributed by atoms with Crippen LogP contribution < -0.4 is 5.73 Å². The van der Waals surface area contributed by atoms with Crippen molar-refractivity contribution >= 4 is 0 Å². The van der Waals surface area contributed by atoms with E-state index >= 15 is 0 Å². The number of nitrogens with two attached hydrogens (primary N) is 1. The number of hydrogen-bond donors (Lipinski definition) is 1. The summed E-state index contributed by atoms with van der Waals surface area (Å²) in [4.78, 5) is 5.11. The summed E-state index contributed by atoms with van der Waals surface area (Å²) in [7, 11) is 4.42. The van der Waals surface area contributed by atoms with Gasteiger partial charge in [0.2, 0.25) is 0 Å². The highest BCUT2D eigenvalue weighted by atomic mass is 15.3. The van der Waals surface area contributed by atoms with Gasteiger partial charge in [0.05, 0.1) is 0 Å². The largest absolute Gasteiger partial charge is 0.329 e. The zero-order valence-corrected chi connectivity index (χ0v) is 13.7. The fourth-order valence-corrected chi connectivity index (χ4v) is 4.91.